The van der Waals surface area contributed by atoms with E-state index in [1.54, 1.807) is 0 Å². The van der Waals surface area contributed by atoms with Gasteiger partial charge in [0, 0.05) is 16.7 Å². The van der Waals surface area contributed by atoms with Gasteiger partial charge in [-0.1, -0.05) is 28.1 Å². The molecule has 1 heterocycles. The molecule has 2 aromatic rings. The Morgan fingerprint density at radius 3 is 2.84 bits per heavy atom. The van der Waals surface area contributed by atoms with E-state index in [0.717, 1.165) is 25.9 Å². The van der Waals surface area contributed by atoms with Crippen LogP contribution in [0.4, 0.5) is 0 Å². The molecule has 0 aliphatic rings. The van der Waals surface area contributed by atoms with Crippen LogP contribution in [-0.4, -0.2) is 16.7 Å². The van der Waals surface area contributed by atoms with Crippen LogP contribution >= 0.6 is 15.9 Å². The smallest absolute Gasteiger partial charge is 0.0522 e. The van der Waals surface area contributed by atoms with Gasteiger partial charge < -0.3 is 5.32 Å². The van der Waals surface area contributed by atoms with E-state index in [1.807, 2.05) is 6.20 Å². The second kappa shape index (κ2) is 6.87. The predicted octanol–water partition coefficient (Wildman–Crippen LogP) is 3.51. The zero-order valence-corrected chi connectivity index (χ0v) is 13.0. The minimum absolute atomic E-state index is 0.929. The van der Waals surface area contributed by atoms with Crippen molar-refractivity contribution in [3.63, 3.8) is 0 Å². The van der Waals surface area contributed by atoms with E-state index in [1.165, 1.54) is 26.9 Å². The number of rotatable bonds is 6. The minimum Gasteiger partial charge on any atom is -0.313 e. The molecule has 0 radical (unpaired) electrons. The molecule has 19 heavy (non-hydrogen) atoms. The van der Waals surface area contributed by atoms with Crippen molar-refractivity contribution in [3.05, 3.63) is 51.3 Å². The highest BCUT2D eigenvalue weighted by atomic mass is 79.9. The Hall–Kier alpha value is -1.13. The molecular weight excluding hydrogens is 302 g/mol. The number of aromatic nitrogens is 2. The summed E-state index contributed by atoms with van der Waals surface area (Å²) in [6.45, 7) is 6.15. The summed E-state index contributed by atoms with van der Waals surface area (Å²) in [6.07, 6.45) is 4.14. The highest BCUT2D eigenvalue weighted by Gasteiger charge is 2.00. The highest BCUT2D eigenvalue weighted by molar-refractivity contribution is 9.10. The lowest BCUT2D eigenvalue weighted by molar-refractivity contribution is 0.648. The minimum atomic E-state index is 0.929. The van der Waals surface area contributed by atoms with Crippen LogP contribution in [0.25, 0.3) is 0 Å². The van der Waals surface area contributed by atoms with E-state index >= 15 is 0 Å². The van der Waals surface area contributed by atoms with Gasteiger partial charge in [-0.3, -0.25) is 5.10 Å². The van der Waals surface area contributed by atoms with Crippen molar-refractivity contribution in [3.8, 4) is 0 Å². The largest absolute Gasteiger partial charge is 0.313 e. The standard InChI is InChI=1S/C15H20BrN3/c1-11-8-13(5-6-15(11)16)9-17-7-3-4-14-10-18-19-12(14)2/h5-6,8,10,17H,3-4,7,9H2,1-2H3,(H,18,19). The molecule has 0 atom stereocenters. The van der Waals surface area contributed by atoms with Crippen LogP contribution < -0.4 is 5.32 Å². The third kappa shape index (κ3) is 4.18. The van der Waals surface area contributed by atoms with Gasteiger partial charge in [0.05, 0.1) is 6.20 Å². The number of H-pyrrole nitrogens is 1. The van der Waals surface area contributed by atoms with Crippen molar-refractivity contribution in [2.24, 2.45) is 0 Å². The molecule has 0 unspecified atom stereocenters. The van der Waals surface area contributed by atoms with Crippen molar-refractivity contribution in [1.82, 2.24) is 15.5 Å². The molecular formula is C15H20BrN3. The number of nitrogens with one attached hydrogen (secondary N) is 2. The van der Waals surface area contributed by atoms with Gasteiger partial charge in [-0.25, -0.2) is 0 Å². The fraction of sp³-hybridized carbons (Fsp3) is 0.400. The maximum atomic E-state index is 4.04. The van der Waals surface area contributed by atoms with Crippen LogP contribution in [0, 0.1) is 13.8 Å². The molecule has 3 nitrogen and oxygen atoms in total. The van der Waals surface area contributed by atoms with E-state index in [0.29, 0.717) is 0 Å². The van der Waals surface area contributed by atoms with Crippen molar-refractivity contribution >= 4 is 15.9 Å². The normalized spacial score (nSPS) is 10.9. The molecule has 2 N–H and O–H groups in total. The molecule has 2 rings (SSSR count). The maximum Gasteiger partial charge on any atom is 0.0522 e. The summed E-state index contributed by atoms with van der Waals surface area (Å²) >= 11 is 3.52. The summed E-state index contributed by atoms with van der Waals surface area (Å²) in [5.74, 6) is 0. The summed E-state index contributed by atoms with van der Waals surface area (Å²) in [6, 6.07) is 6.49. The van der Waals surface area contributed by atoms with Gasteiger partial charge in [0.2, 0.25) is 0 Å². The van der Waals surface area contributed by atoms with Crippen LogP contribution in [0.1, 0.15) is 28.8 Å². The molecule has 0 fully saturated rings. The van der Waals surface area contributed by atoms with Gasteiger partial charge in [0.25, 0.3) is 0 Å². The molecule has 0 saturated carbocycles. The zero-order chi connectivity index (χ0) is 13.7. The lowest BCUT2D eigenvalue weighted by Crippen LogP contribution is -2.15. The number of nitrogens with zero attached hydrogens (tertiary/aromatic N) is 1. The van der Waals surface area contributed by atoms with Crippen LogP contribution in [-0.2, 0) is 13.0 Å². The molecule has 0 amide bonds. The first-order chi connectivity index (χ1) is 9.16. The van der Waals surface area contributed by atoms with Crippen LogP contribution in [0.5, 0.6) is 0 Å². The molecule has 102 valence electrons. The summed E-state index contributed by atoms with van der Waals surface area (Å²) in [5, 5.41) is 10.5. The number of aromatic amines is 1. The first-order valence-electron chi connectivity index (χ1n) is 6.61. The number of hydrogen-bond acceptors (Lipinski definition) is 2. The molecule has 0 saturated heterocycles. The molecule has 4 heteroatoms. The van der Waals surface area contributed by atoms with Gasteiger partial charge in [0.1, 0.15) is 0 Å². The van der Waals surface area contributed by atoms with E-state index in [-0.39, 0.29) is 0 Å². The summed E-state index contributed by atoms with van der Waals surface area (Å²) in [4.78, 5) is 0. The van der Waals surface area contributed by atoms with Crippen LogP contribution in [0.15, 0.2) is 28.9 Å². The zero-order valence-electron chi connectivity index (χ0n) is 11.5. The maximum absolute atomic E-state index is 4.04. The van der Waals surface area contributed by atoms with Crippen molar-refractivity contribution in [2.75, 3.05) is 6.54 Å². The number of halogens is 1. The second-order valence-electron chi connectivity index (χ2n) is 4.88. The topological polar surface area (TPSA) is 40.7 Å². The average Bonchev–Trinajstić information content (AvgIpc) is 2.79. The molecule has 0 bridgehead atoms. The highest BCUT2D eigenvalue weighted by Crippen LogP contribution is 2.16. The monoisotopic (exact) mass is 321 g/mol. The van der Waals surface area contributed by atoms with Gasteiger partial charge in [-0.2, -0.15) is 5.10 Å². The van der Waals surface area contributed by atoms with Gasteiger partial charge in [-0.15, -0.1) is 0 Å². The second-order valence-corrected chi connectivity index (χ2v) is 5.74. The van der Waals surface area contributed by atoms with E-state index in [4.69, 9.17) is 0 Å². The van der Waals surface area contributed by atoms with Crippen LogP contribution in [0.3, 0.4) is 0 Å². The van der Waals surface area contributed by atoms with Gasteiger partial charge in [0.15, 0.2) is 0 Å². The van der Waals surface area contributed by atoms with E-state index < -0.39 is 0 Å². The number of aryl methyl sites for hydroxylation is 3. The Morgan fingerprint density at radius 2 is 2.16 bits per heavy atom. The fourth-order valence-corrected chi connectivity index (χ4v) is 2.33. The molecule has 1 aromatic carbocycles. The third-order valence-corrected chi connectivity index (χ3v) is 4.18. The summed E-state index contributed by atoms with van der Waals surface area (Å²) < 4.78 is 1.17. The summed E-state index contributed by atoms with van der Waals surface area (Å²) in [5.41, 5.74) is 5.12. The molecule has 0 aliphatic heterocycles. The van der Waals surface area contributed by atoms with Crippen molar-refractivity contribution in [1.29, 1.82) is 0 Å². The first kappa shape index (κ1) is 14.3. The Balaban J connectivity index is 1.69. The Kier molecular flexibility index (Phi) is 5.16. The Bertz CT molecular complexity index is 534. The molecule has 1 aromatic heterocycles. The SMILES string of the molecule is Cc1cc(CNCCCc2cn[nH]c2C)ccc1Br. The molecule has 0 aliphatic carbocycles. The average molecular weight is 322 g/mol. The van der Waals surface area contributed by atoms with E-state index in [2.05, 4.69) is 63.5 Å². The summed E-state index contributed by atoms with van der Waals surface area (Å²) in [7, 11) is 0. The number of benzene rings is 1. The van der Waals surface area contributed by atoms with Crippen molar-refractivity contribution in [2.45, 2.75) is 33.2 Å². The fourth-order valence-electron chi connectivity index (χ4n) is 2.08. The van der Waals surface area contributed by atoms with Gasteiger partial charge >= 0.3 is 0 Å². The van der Waals surface area contributed by atoms with Gasteiger partial charge in [-0.05, 0) is 56.0 Å². The predicted molar refractivity (Wildman–Crippen MR) is 82.2 cm³/mol. The Morgan fingerprint density at radius 1 is 1.32 bits per heavy atom. The first-order valence-corrected chi connectivity index (χ1v) is 7.40. The van der Waals surface area contributed by atoms with Crippen LogP contribution in [0.2, 0.25) is 0 Å². The third-order valence-electron chi connectivity index (χ3n) is 3.29. The quantitative estimate of drug-likeness (QED) is 0.799. The molecule has 0 spiro atoms. The number of hydrogen-bond donors (Lipinski definition) is 2. The van der Waals surface area contributed by atoms with E-state index in [9.17, 15) is 0 Å². The lowest BCUT2D eigenvalue weighted by Gasteiger charge is -2.06. The Labute approximate surface area is 122 Å². The lowest BCUT2D eigenvalue weighted by atomic mass is 10.1. The van der Waals surface area contributed by atoms with Crippen molar-refractivity contribution < 1.29 is 0 Å².